The van der Waals surface area contributed by atoms with Gasteiger partial charge in [-0.2, -0.15) is 8.42 Å². The molecule has 0 unspecified atom stereocenters. The van der Waals surface area contributed by atoms with Crippen LogP contribution in [0.3, 0.4) is 0 Å². The molecule has 0 aliphatic carbocycles. The quantitative estimate of drug-likeness (QED) is 0.561. The van der Waals surface area contributed by atoms with E-state index in [-0.39, 0.29) is 0 Å². The monoisotopic (exact) mass is 259 g/mol. The van der Waals surface area contributed by atoms with E-state index in [2.05, 4.69) is 15.8 Å². The second-order valence-corrected chi connectivity index (χ2v) is 5.50. The van der Waals surface area contributed by atoms with E-state index < -0.39 is 16.0 Å². The van der Waals surface area contributed by atoms with Crippen LogP contribution in [0.4, 0.5) is 5.13 Å². The third kappa shape index (κ3) is 2.89. The van der Waals surface area contributed by atoms with E-state index in [0.29, 0.717) is 5.13 Å². The summed E-state index contributed by atoms with van der Waals surface area (Å²) in [6, 6.07) is 7.55. The van der Waals surface area contributed by atoms with Crippen LogP contribution in [0.25, 0.3) is 10.2 Å². The first-order valence-corrected chi connectivity index (χ1v) is 6.77. The van der Waals surface area contributed by atoms with Crippen molar-refractivity contribution in [1.29, 1.82) is 0 Å². The fourth-order valence-electron chi connectivity index (χ4n) is 1.13. The highest BCUT2D eigenvalue weighted by molar-refractivity contribution is 7.85. The van der Waals surface area contributed by atoms with E-state index in [1.807, 2.05) is 24.3 Å². The highest BCUT2D eigenvalue weighted by Gasteiger charge is 2.05. The molecule has 6 nitrogen and oxygen atoms in total. The van der Waals surface area contributed by atoms with Gasteiger partial charge in [0.1, 0.15) is 5.88 Å². The molecular formula is C8H9N3O3S2. The van der Waals surface area contributed by atoms with E-state index >= 15 is 0 Å². The first-order valence-electron chi connectivity index (χ1n) is 4.34. The summed E-state index contributed by atoms with van der Waals surface area (Å²) in [6.07, 6.45) is 0. The second kappa shape index (κ2) is 4.34. The molecule has 1 aromatic carbocycles. The Bertz CT molecular complexity index is 560. The third-order valence-corrected chi connectivity index (χ3v) is 3.20. The van der Waals surface area contributed by atoms with Gasteiger partial charge in [-0.05, 0) is 12.1 Å². The van der Waals surface area contributed by atoms with Gasteiger partial charge in [0.2, 0.25) is 0 Å². The predicted molar refractivity (Wildman–Crippen MR) is 62.8 cm³/mol. The van der Waals surface area contributed by atoms with Crippen LogP contribution in [-0.4, -0.2) is 23.8 Å². The summed E-state index contributed by atoms with van der Waals surface area (Å²) in [7, 11) is -4.02. The zero-order chi connectivity index (χ0) is 11.6. The van der Waals surface area contributed by atoms with E-state index in [1.165, 1.54) is 11.3 Å². The number of nitrogens with zero attached hydrogens (tertiary/aromatic N) is 1. The summed E-state index contributed by atoms with van der Waals surface area (Å²) in [5.41, 5.74) is 5.81. The van der Waals surface area contributed by atoms with Crippen LogP contribution in [0.2, 0.25) is 0 Å². The predicted octanol–water partition coefficient (Wildman–Crippen LogP) is 1.06. The van der Waals surface area contributed by atoms with Crippen molar-refractivity contribution in [3.8, 4) is 0 Å². The highest BCUT2D eigenvalue weighted by atomic mass is 32.2. The molecule has 0 radical (unpaired) electrons. The average Bonchev–Trinajstić information content (AvgIpc) is 2.57. The number of hydrazine groups is 1. The number of thiazole rings is 1. The van der Waals surface area contributed by atoms with E-state index in [9.17, 15) is 8.42 Å². The van der Waals surface area contributed by atoms with Crippen molar-refractivity contribution in [2.75, 3.05) is 11.3 Å². The summed E-state index contributed by atoms with van der Waals surface area (Å²) in [6.45, 7) is 0. The number of para-hydroxylation sites is 1. The lowest BCUT2D eigenvalue weighted by Gasteiger charge is -2.01. The highest BCUT2D eigenvalue weighted by Crippen LogP contribution is 2.24. The Morgan fingerprint density at radius 2 is 2.12 bits per heavy atom. The number of nitrogens with one attached hydrogen (secondary N) is 2. The summed E-state index contributed by atoms with van der Waals surface area (Å²) < 4.78 is 30.3. The van der Waals surface area contributed by atoms with Crippen molar-refractivity contribution in [3.05, 3.63) is 24.3 Å². The molecule has 0 spiro atoms. The Labute approximate surface area is 96.0 Å². The molecule has 1 heterocycles. The summed E-state index contributed by atoms with van der Waals surface area (Å²) in [4.78, 5) is 4.20. The van der Waals surface area contributed by atoms with Crippen molar-refractivity contribution in [3.63, 3.8) is 0 Å². The molecule has 1 aromatic heterocycles. The fourth-order valence-corrected chi connectivity index (χ4v) is 2.22. The molecule has 0 aliphatic heterocycles. The number of hydrogen-bond acceptors (Lipinski definition) is 6. The third-order valence-electron chi connectivity index (χ3n) is 1.74. The Morgan fingerprint density at radius 1 is 1.38 bits per heavy atom. The standard InChI is InChI=1S/C8H9N3O3S2/c12-16(13,14)5-9-11-8-10-6-3-1-2-4-7(6)15-8/h1-4,9H,5H2,(H,10,11)(H,12,13,14). The maximum atomic E-state index is 10.4. The number of fused-ring (bicyclic) bond motifs is 1. The second-order valence-electron chi connectivity index (χ2n) is 3.01. The van der Waals surface area contributed by atoms with Crippen LogP contribution in [0.1, 0.15) is 0 Å². The Balaban J connectivity index is 2.05. The van der Waals surface area contributed by atoms with Crippen LogP contribution in [-0.2, 0) is 10.1 Å². The van der Waals surface area contributed by atoms with Gasteiger partial charge in [-0.3, -0.25) is 9.98 Å². The van der Waals surface area contributed by atoms with Crippen molar-refractivity contribution >= 4 is 36.8 Å². The SMILES string of the molecule is O=S(=O)(O)CNNc1nc2ccccc2s1. The summed E-state index contributed by atoms with van der Waals surface area (Å²) in [5.74, 6) is -0.567. The van der Waals surface area contributed by atoms with Gasteiger partial charge in [-0.15, -0.1) is 0 Å². The fraction of sp³-hybridized carbons (Fsp3) is 0.125. The van der Waals surface area contributed by atoms with Crippen molar-refractivity contribution < 1.29 is 13.0 Å². The number of aromatic nitrogens is 1. The van der Waals surface area contributed by atoms with Gasteiger partial charge in [0.05, 0.1) is 10.2 Å². The molecule has 3 N–H and O–H groups in total. The first kappa shape index (κ1) is 11.3. The van der Waals surface area contributed by atoms with Crippen LogP contribution in [0.15, 0.2) is 24.3 Å². The van der Waals surface area contributed by atoms with Crippen molar-refractivity contribution in [2.24, 2.45) is 0 Å². The normalized spacial score (nSPS) is 11.8. The van der Waals surface area contributed by atoms with Crippen LogP contribution in [0.5, 0.6) is 0 Å². The van der Waals surface area contributed by atoms with Gasteiger partial charge in [0.25, 0.3) is 10.1 Å². The lowest BCUT2D eigenvalue weighted by Crippen LogP contribution is -2.27. The lowest BCUT2D eigenvalue weighted by molar-refractivity contribution is 0.479. The van der Waals surface area contributed by atoms with Crippen LogP contribution in [0, 0.1) is 0 Å². The minimum atomic E-state index is -4.02. The number of hydrogen-bond donors (Lipinski definition) is 3. The van der Waals surface area contributed by atoms with Gasteiger partial charge in [0, 0.05) is 0 Å². The van der Waals surface area contributed by atoms with E-state index in [4.69, 9.17) is 4.55 Å². The largest absolute Gasteiger partial charge is 0.296 e. The molecule has 0 fully saturated rings. The average molecular weight is 259 g/mol. The molecule has 0 saturated heterocycles. The van der Waals surface area contributed by atoms with Crippen LogP contribution >= 0.6 is 11.3 Å². The molecule has 0 atom stereocenters. The molecule has 0 amide bonds. The zero-order valence-corrected chi connectivity index (χ0v) is 9.68. The maximum Gasteiger partial charge on any atom is 0.279 e. The number of anilines is 1. The minimum Gasteiger partial charge on any atom is -0.296 e. The summed E-state index contributed by atoms with van der Waals surface area (Å²) in [5, 5.41) is 0.546. The topological polar surface area (TPSA) is 91.3 Å². The zero-order valence-electron chi connectivity index (χ0n) is 8.04. The Hall–Kier alpha value is -1.22. The van der Waals surface area contributed by atoms with Gasteiger partial charge in [0.15, 0.2) is 5.13 Å². The number of benzene rings is 1. The molecule has 2 rings (SSSR count). The molecule has 0 saturated carbocycles. The molecule has 0 aliphatic rings. The molecule has 2 aromatic rings. The van der Waals surface area contributed by atoms with Crippen molar-refractivity contribution in [2.45, 2.75) is 0 Å². The molecule has 86 valence electrons. The number of rotatable bonds is 4. The Morgan fingerprint density at radius 3 is 2.81 bits per heavy atom. The maximum absolute atomic E-state index is 10.4. The molecule has 16 heavy (non-hydrogen) atoms. The first-order chi connectivity index (χ1) is 7.54. The van der Waals surface area contributed by atoms with Gasteiger partial charge >= 0.3 is 0 Å². The van der Waals surface area contributed by atoms with Gasteiger partial charge < -0.3 is 0 Å². The van der Waals surface area contributed by atoms with Crippen molar-refractivity contribution in [1.82, 2.24) is 10.4 Å². The summed E-state index contributed by atoms with van der Waals surface area (Å²) >= 11 is 1.39. The molecule has 8 heteroatoms. The van der Waals surface area contributed by atoms with E-state index in [1.54, 1.807) is 0 Å². The molecule has 0 bridgehead atoms. The minimum absolute atomic E-state index is 0.546. The van der Waals surface area contributed by atoms with Crippen LogP contribution < -0.4 is 10.9 Å². The van der Waals surface area contributed by atoms with Gasteiger partial charge in [-0.1, -0.05) is 23.5 Å². The lowest BCUT2D eigenvalue weighted by atomic mass is 10.3. The Kier molecular flexibility index (Phi) is 3.06. The van der Waals surface area contributed by atoms with Gasteiger partial charge in [-0.25, -0.2) is 10.4 Å². The van der Waals surface area contributed by atoms with E-state index in [0.717, 1.165) is 10.2 Å². The smallest absolute Gasteiger partial charge is 0.279 e. The molecular weight excluding hydrogens is 250 g/mol.